The van der Waals surface area contributed by atoms with Gasteiger partial charge in [-0.3, -0.25) is 4.57 Å². The first kappa shape index (κ1) is 27.0. The number of benzene rings is 3. The summed E-state index contributed by atoms with van der Waals surface area (Å²) in [5, 5.41) is 22.8. The Hall–Kier alpha value is -2.23. The van der Waals surface area contributed by atoms with Gasteiger partial charge in [-0.2, -0.15) is 0 Å². The van der Waals surface area contributed by atoms with Gasteiger partial charge in [-0.1, -0.05) is 30.3 Å². The van der Waals surface area contributed by atoms with E-state index in [0.29, 0.717) is 29.9 Å². The molecule has 0 fully saturated rings. The van der Waals surface area contributed by atoms with Crippen LogP contribution in [-0.4, -0.2) is 66.1 Å². The molecule has 2 atom stereocenters. The third kappa shape index (κ3) is 9.27. The van der Waals surface area contributed by atoms with Crippen molar-refractivity contribution in [1.29, 1.82) is 0 Å². The number of nitrogens with one attached hydrogen (secondary N) is 1. The van der Waals surface area contributed by atoms with Gasteiger partial charge < -0.3 is 29.9 Å². The van der Waals surface area contributed by atoms with E-state index < -0.39 is 13.5 Å². The molecule has 0 aliphatic heterocycles. The molecule has 2 unspecified atom stereocenters. The maximum atomic E-state index is 12.4. The first-order valence-corrected chi connectivity index (χ1v) is 12.2. The molecule has 0 saturated carbocycles. The molecule has 3 aromatic carbocycles. The standard InChI is InChI=1S/C24H28NO6P.Li.H/c26-20-8-12-22(13-9-20)30-17-21(27)16-25-15-14-19-6-10-23(11-7-19)31-18-32(28,29)24-4-2-1-3-5-24;;/h1-13,21,25-27H,14-18H2,(H,28,29);;. The number of phenolic OH excluding ortho intramolecular Hbond substituents is 1. The third-order valence-corrected chi connectivity index (χ3v) is 6.32. The summed E-state index contributed by atoms with van der Waals surface area (Å²) in [4.78, 5) is 10.2. The minimum atomic E-state index is -3.56. The molecular weight excluding hydrogens is 436 g/mol. The molecule has 0 bridgehead atoms. The first-order valence-electron chi connectivity index (χ1n) is 10.3. The van der Waals surface area contributed by atoms with Crippen LogP contribution in [-0.2, 0) is 11.0 Å². The van der Waals surface area contributed by atoms with Gasteiger partial charge in [0.2, 0.25) is 0 Å². The molecule has 0 saturated heterocycles. The average molecular weight is 465 g/mol. The molecule has 0 spiro atoms. The van der Waals surface area contributed by atoms with Gasteiger partial charge in [-0.25, -0.2) is 0 Å². The van der Waals surface area contributed by atoms with Gasteiger partial charge in [0.05, 0.1) is 0 Å². The Kier molecular flexibility index (Phi) is 11.0. The van der Waals surface area contributed by atoms with Gasteiger partial charge in [-0.15, -0.1) is 0 Å². The van der Waals surface area contributed by atoms with Crippen LogP contribution in [0.5, 0.6) is 17.2 Å². The molecule has 3 rings (SSSR count). The Balaban J connectivity index is 0.00000385. The van der Waals surface area contributed by atoms with Gasteiger partial charge in [-0.05, 0) is 67.1 Å². The maximum absolute atomic E-state index is 12.4. The number of hydrogen-bond acceptors (Lipinski definition) is 6. The van der Waals surface area contributed by atoms with Gasteiger partial charge in [0, 0.05) is 11.8 Å². The minimum absolute atomic E-state index is 0. The summed E-state index contributed by atoms with van der Waals surface area (Å²) in [6.07, 6.45) is -0.172. The van der Waals surface area contributed by atoms with E-state index in [1.165, 1.54) is 12.1 Å². The van der Waals surface area contributed by atoms with Crippen LogP contribution in [0.2, 0.25) is 0 Å². The molecule has 0 radical (unpaired) electrons. The normalized spacial score (nSPS) is 13.4. The number of aromatic hydroxyl groups is 1. The van der Waals surface area contributed by atoms with Crippen LogP contribution in [0, 0.1) is 0 Å². The Bertz CT molecular complexity index is 1000. The monoisotopic (exact) mass is 465 g/mol. The van der Waals surface area contributed by atoms with Crippen LogP contribution in [0.4, 0.5) is 0 Å². The quantitative estimate of drug-likeness (QED) is 0.185. The third-order valence-electron chi connectivity index (χ3n) is 4.74. The van der Waals surface area contributed by atoms with Gasteiger partial charge >= 0.3 is 18.9 Å². The number of aliphatic hydroxyl groups is 1. The molecule has 0 amide bonds. The molecule has 7 nitrogen and oxygen atoms in total. The van der Waals surface area contributed by atoms with Gasteiger partial charge in [0.1, 0.15) is 30.0 Å². The van der Waals surface area contributed by atoms with Crippen LogP contribution in [0.25, 0.3) is 0 Å². The summed E-state index contributed by atoms with van der Waals surface area (Å²) in [5.74, 6) is 1.29. The van der Waals surface area contributed by atoms with Crippen molar-refractivity contribution < 1.29 is 29.1 Å². The van der Waals surface area contributed by atoms with Crippen molar-refractivity contribution in [2.24, 2.45) is 0 Å². The molecule has 33 heavy (non-hydrogen) atoms. The van der Waals surface area contributed by atoms with Gasteiger partial charge in [0.15, 0.2) is 6.35 Å². The fraction of sp³-hybridized carbons (Fsp3) is 0.250. The van der Waals surface area contributed by atoms with E-state index in [1.54, 1.807) is 54.6 Å². The number of ether oxygens (including phenoxy) is 2. The molecule has 172 valence electrons. The number of rotatable bonds is 12. The molecule has 0 aliphatic rings. The average Bonchev–Trinajstić information content (AvgIpc) is 2.81. The van der Waals surface area contributed by atoms with Crippen LogP contribution >= 0.6 is 7.37 Å². The molecule has 3 aromatic rings. The van der Waals surface area contributed by atoms with Crippen molar-refractivity contribution in [3.63, 3.8) is 0 Å². The van der Waals surface area contributed by atoms with Gasteiger partial charge in [0.25, 0.3) is 7.37 Å². The number of phenols is 1. The van der Waals surface area contributed by atoms with E-state index in [-0.39, 0.29) is 37.6 Å². The molecule has 0 heterocycles. The van der Waals surface area contributed by atoms with Crippen LogP contribution < -0.4 is 20.1 Å². The fourth-order valence-corrected chi connectivity index (χ4v) is 4.06. The summed E-state index contributed by atoms with van der Waals surface area (Å²) in [6.45, 7) is 1.22. The number of aliphatic hydroxyl groups excluding tert-OH is 1. The molecular formula is C24H29LiNO6P. The molecule has 9 heteroatoms. The summed E-state index contributed by atoms with van der Waals surface area (Å²) in [7, 11) is -3.56. The summed E-state index contributed by atoms with van der Waals surface area (Å²) < 4.78 is 23.4. The molecule has 4 N–H and O–H groups in total. The Morgan fingerprint density at radius 1 is 0.879 bits per heavy atom. The van der Waals surface area contributed by atoms with Crippen LogP contribution in [0.3, 0.4) is 0 Å². The Labute approximate surface area is 206 Å². The summed E-state index contributed by atoms with van der Waals surface area (Å²) in [6, 6.07) is 22.2. The van der Waals surface area contributed by atoms with Crippen molar-refractivity contribution in [3.05, 3.63) is 84.4 Å². The van der Waals surface area contributed by atoms with E-state index in [4.69, 9.17) is 9.47 Å². The van der Waals surface area contributed by atoms with E-state index in [1.807, 2.05) is 12.1 Å². The second-order valence-corrected chi connectivity index (χ2v) is 9.55. The molecule has 0 aromatic heterocycles. The SMILES string of the molecule is O=P(O)(COc1ccc(CCNCC(O)COc2ccc(O)cc2)cc1)c1ccccc1.[LiH]. The van der Waals surface area contributed by atoms with E-state index in [0.717, 1.165) is 12.0 Å². The summed E-state index contributed by atoms with van der Waals surface area (Å²) >= 11 is 0. The molecule has 0 aliphatic carbocycles. The van der Waals surface area contributed by atoms with E-state index in [2.05, 4.69) is 5.32 Å². The topological polar surface area (TPSA) is 108 Å². The summed E-state index contributed by atoms with van der Waals surface area (Å²) in [5.41, 5.74) is 1.08. The fourth-order valence-electron chi connectivity index (χ4n) is 2.94. The van der Waals surface area contributed by atoms with E-state index in [9.17, 15) is 19.7 Å². The van der Waals surface area contributed by atoms with Crippen molar-refractivity contribution in [2.45, 2.75) is 12.5 Å². The Morgan fingerprint density at radius 3 is 2.15 bits per heavy atom. The van der Waals surface area contributed by atoms with Crippen molar-refractivity contribution >= 4 is 31.5 Å². The van der Waals surface area contributed by atoms with Crippen molar-refractivity contribution in [3.8, 4) is 17.2 Å². The predicted molar refractivity (Wildman–Crippen MR) is 131 cm³/mol. The first-order chi connectivity index (χ1) is 15.4. The zero-order valence-corrected chi connectivity index (χ0v) is 18.5. The predicted octanol–water partition coefficient (Wildman–Crippen LogP) is 2.25. The second kappa shape index (κ2) is 13.5. The van der Waals surface area contributed by atoms with E-state index >= 15 is 0 Å². The van der Waals surface area contributed by atoms with Crippen LogP contribution in [0.1, 0.15) is 5.56 Å². The zero-order valence-electron chi connectivity index (χ0n) is 17.6. The second-order valence-electron chi connectivity index (χ2n) is 7.37. The van der Waals surface area contributed by atoms with Crippen molar-refractivity contribution in [1.82, 2.24) is 5.32 Å². The zero-order chi connectivity index (χ0) is 22.8. The van der Waals surface area contributed by atoms with Crippen LogP contribution in [0.15, 0.2) is 78.9 Å². The Morgan fingerprint density at radius 2 is 1.48 bits per heavy atom. The number of hydrogen-bond donors (Lipinski definition) is 4. The van der Waals surface area contributed by atoms with Crippen molar-refractivity contribution in [2.75, 3.05) is 26.0 Å².